The van der Waals surface area contributed by atoms with Crippen molar-refractivity contribution >= 4 is 5.91 Å². The Morgan fingerprint density at radius 3 is 3.05 bits per heavy atom. The lowest BCUT2D eigenvalue weighted by molar-refractivity contribution is 0.0957. The molecule has 1 amide bonds. The Kier molecular flexibility index (Phi) is 5.24. The normalized spacial score (nSPS) is 10.5. The topological polar surface area (TPSA) is 81.9 Å². The third-order valence-corrected chi connectivity index (χ3v) is 2.92. The van der Waals surface area contributed by atoms with E-state index in [-0.39, 0.29) is 18.6 Å². The van der Waals surface area contributed by atoms with Crippen molar-refractivity contribution in [2.45, 2.75) is 26.5 Å². The Labute approximate surface area is 129 Å². The van der Waals surface area contributed by atoms with E-state index in [9.17, 15) is 4.79 Å². The van der Waals surface area contributed by atoms with Crippen LogP contribution in [0.1, 0.15) is 36.1 Å². The Bertz CT molecular complexity index is 651. The monoisotopic (exact) mass is 301 g/mol. The lowest BCUT2D eigenvalue weighted by atomic mass is 10.2. The summed E-state index contributed by atoms with van der Waals surface area (Å²) in [6, 6.07) is 7.12. The van der Waals surface area contributed by atoms with E-state index in [0.29, 0.717) is 23.7 Å². The summed E-state index contributed by atoms with van der Waals surface area (Å²) < 4.78 is 7.37. The average molecular weight is 301 g/mol. The molecule has 1 N–H and O–H groups in total. The third kappa shape index (κ3) is 3.91. The van der Waals surface area contributed by atoms with Crippen LogP contribution in [0.2, 0.25) is 0 Å². The molecule has 0 unspecified atom stereocenters. The fraction of sp³-hybridized carbons (Fsp3) is 0.333. The van der Waals surface area contributed by atoms with E-state index in [4.69, 9.17) is 4.74 Å². The summed E-state index contributed by atoms with van der Waals surface area (Å²) in [6.45, 7) is 8.21. The number of nitrogens with one attached hydrogen (secondary N) is 1. The number of ether oxygens (including phenoxy) is 1. The molecule has 0 saturated heterocycles. The first-order valence-electron chi connectivity index (χ1n) is 7.00. The van der Waals surface area contributed by atoms with Gasteiger partial charge in [0.15, 0.2) is 5.82 Å². The van der Waals surface area contributed by atoms with E-state index in [2.05, 4.69) is 27.4 Å². The highest BCUT2D eigenvalue weighted by Crippen LogP contribution is 2.15. The maximum absolute atomic E-state index is 11.9. The van der Waals surface area contributed by atoms with Crippen LogP contribution in [0.25, 0.3) is 0 Å². The second kappa shape index (κ2) is 7.35. The van der Waals surface area contributed by atoms with Crippen LogP contribution in [0.15, 0.2) is 36.9 Å². The molecule has 7 nitrogen and oxygen atoms in total. The van der Waals surface area contributed by atoms with E-state index >= 15 is 0 Å². The molecular weight excluding hydrogens is 282 g/mol. The maximum atomic E-state index is 11.9. The van der Waals surface area contributed by atoms with Crippen molar-refractivity contribution in [3.05, 3.63) is 48.3 Å². The van der Waals surface area contributed by atoms with Crippen LogP contribution in [0.4, 0.5) is 0 Å². The van der Waals surface area contributed by atoms with Gasteiger partial charge in [-0.3, -0.25) is 4.79 Å². The molecule has 0 aliphatic heterocycles. The smallest absolute Gasteiger partial charge is 0.251 e. The molecule has 1 heterocycles. The third-order valence-electron chi connectivity index (χ3n) is 2.92. The zero-order valence-corrected chi connectivity index (χ0v) is 12.7. The molecule has 0 saturated carbocycles. The zero-order valence-electron chi connectivity index (χ0n) is 12.7. The summed E-state index contributed by atoms with van der Waals surface area (Å²) in [5, 5.41) is 14.2. The Morgan fingerprint density at radius 1 is 1.50 bits per heavy atom. The van der Waals surface area contributed by atoms with Gasteiger partial charge in [-0.15, -0.1) is 11.7 Å². The molecule has 7 heteroatoms. The molecule has 0 radical (unpaired) electrons. The minimum atomic E-state index is -0.169. The van der Waals surface area contributed by atoms with Gasteiger partial charge in [0, 0.05) is 12.1 Å². The van der Waals surface area contributed by atoms with Crippen molar-refractivity contribution in [3.8, 4) is 5.75 Å². The summed E-state index contributed by atoms with van der Waals surface area (Å²) in [6.07, 6.45) is 1.63. The summed E-state index contributed by atoms with van der Waals surface area (Å²) in [5.41, 5.74) is 0.530. The summed E-state index contributed by atoms with van der Waals surface area (Å²) >= 11 is 0. The molecule has 2 aromatic rings. The van der Waals surface area contributed by atoms with Gasteiger partial charge in [-0.2, -0.15) is 0 Å². The van der Waals surface area contributed by atoms with Gasteiger partial charge in [0.1, 0.15) is 12.4 Å². The minimum Gasteiger partial charge on any atom is -0.486 e. The Morgan fingerprint density at radius 2 is 2.32 bits per heavy atom. The van der Waals surface area contributed by atoms with Crippen molar-refractivity contribution in [3.63, 3.8) is 0 Å². The SMILES string of the molecule is C=CCNC(=O)c1cccc(OCc2nnnn2C(C)C)c1. The molecule has 0 aliphatic carbocycles. The van der Waals surface area contributed by atoms with Crippen molar-refractivity contribution < 1.29 is 9.53 Å². The van der Waals surface area contributed by atoms with Crippen molar-refractivity contribution in [1.82, 2.24) is 25.5 Å². The highest BCUT2D eigenvalue weighted by Gasteiger charge is 2.10. The predicted octanol–water partition coefficient (Wildman–Crippen LogP) is 1.75. The summed E-state index contributed by atoms with van der Waals surface area (Å²) in [5.74, 6) is 1.05. The molecule has 2 rings (SSSR count). The highest BCUT2D eigenvalue weighted by molar-refractivity contribution is 5.94. The number of hydrogen-bond acceptors (Lipinski definition) is 5. The van der Waals surface area contributed by atoms with Crippen LogP contribution >= 0.6 is 0 Å². The van der Waals surface area contributed by atoms with Gasteiger partial charge >= 0.3 is 0 Å². The van der Waals surface area contributed by atoms with E-state index in [0.717, 1.165) is 0 Å². The van der Waals surface area contributed by atoms with Crippen LogP contribution in [-0.4, -0.2) is 32.7 Å². The number of hydrogen-bond donors (Lipinski definition) is 1. The molecule has 1 aromatic heterocycles. The molecule has 0 spiro atoms. The van der Waals surface area contributed by atoms with Gasteiger partial charge in [0.2, 0.25) is 0 Å². The fourth-order valence-corrected chi connectivity index (χ4v) is 1.85. The minimum absolute atomic E-state index is 0.157. The quantitative estimate of drug-likeness (QED) is 0.788. The first-order chi connectivity index (χ1) is 10.6. The zero-order chi connectivity index (χ0) is 15.9. The second-order valence-electron chi connectivity index (χ2n) is 4.95. The number of rotatable bonds is 7. The van der Waals surface area contributed by atoms with Crippen molar-refractivity contribution in [2.75, 3.05) is 6.54 Å². The largest absolute Gasteiger partial charge is 0.486 e. The standard InChI is InChI=1S/C15H19N5O2/c1-4-8-16-15(21)12-6-5-7-13(9-12)22-10-14-17-18-19-20(14)11(2)3/h4-7,9,11H,1,8,10H2,2-3H3,(H,16,21). The number of amides is 1. The molecular formula is C15H19N5O2. The lowest BCUT2D eigenvalue weighted by Crippen LogP contribution is -2.23. The summed E-state index contributed by atoms with van der Waals surface area (Å²) in [7, 11) is 0. The van der Waals surface area contributed by atoms with Crippen molar-refractivity contribution in [2.24, 2.45) is 0 Å². The predicted molar refractivity (Wildman–Crippen MR) is 81.5 cm³/mol. The van der Waals surface area contributed by atoms with Gasteiger partial charge in [0.05, 0.1) is 6.04 Å². The first kappa shape index (κ1) is 15.7. The van der Waals surface area contributed by atoms with E-state index < -0.39 is 0 Å². The fourth-order valence-electron chi connectivity index (χ4n) is 1.85. The number of aromatic nitrogens is 4. The van der Waals surface area contributed by atoms with Crippen molar-refractivity contribution in [1.29, 1.82) is 0 Å². The van der Waals surface area contributed by atoms with Crippen LogP contribution in [0.3, 0.4) is 0 Å². The summed E-state index contributed by atoms with van der Waals surface area (Å²) in [4.78, 5) is 11.9. The van der Waals surface area contributed by atoms with Crippen LogP contribution < -0.4 is 10.1 Å². The lowest BCUT2D eigenvalue weighted by Gasteiger charge is -2.10. The Hall–Kier alpha value is -2.70. The van der Waals surface area contributed by atoms with Gasteiger partial charge in [-0.1, -0.05) is 12.1 Å². The highest BCUT2D eigenvalue weighted by atomic mass is 16.5. The maximum Gasteiger partial charge on any atom is 0.251 e. The molecule has 1 aromatic carbocycles. The average Bonchev–Trinajstić information content (AvgIpc) is 2.99. The van der Waals surface area contributed by atoms with Crippen LogP contribution in [0.5, 0.6) is 5.75 Å². The number of tetrazole rings is 1. The Balaban J connectivity index is 2.03. The van der Waals surface area contributed by atoms with Gasteiger partial charge < -0.3 is 10.1 Å². The van der Waals surface area contributed by atoms with E-state index in [1.807, 2.05) is 13.8 Å². The van der Waals surface area contributed by atoms with Crippen LogP contribution in [0, 0.1) is 0 Å². The number of carbonyl (C=O) groups excluding carboxylic acids is 1. The number of nitrogens with zero attached hydrogens (tertiary/aromatic N) is 4. The molecule has 0 aliphatic rings. The van der Waals surface area contributed by atoms with E-state index in [1.54, 1.807) is 35.0 Å². The first-order valence-corrected chi connectivity index (χ1v) is 7.00. The van der Waals surface area contributed by atoms with Crippen LogP contribution in [-0.2, 0) is 6.61 Å². The molecule has 0 bridgehead atoms. The number of carbonyl (C=O) groups is 1. The molecule has 0 atom stereocenters. The molecule has 116 valence electrons. The number of benzene rings is 1. The van der Waals surface area contributed by atoms with E-state index in [1.165, 1.54) is 0 Å². The molecule has 22 heavy (non-hydrogen) atoms. The van der Waals surface area contributed by atoms with Gasteiger partial charge in [-0.25, -0.2) is 4.68 Å². The van der Waals surface area contributed by atoms with Gasteiger partial charge in [0.25, 0.3) is 5.91 Å². The second-order valence-corrected chi connectivity index (χ2v) is 4.95. The molecule has 0 fully saturated rings. The van der Waals surface area contributed by atoms with Gasteiger partial charge in [-0.05, 0) is 42.5 Å².